The van der Waals surface area contributed by atoms with Crippen LogP contribution in [0.2, 0.25) is 5.15 Å². The predicted molar refractivity (Wildman–Crippen MR) is 65.2 cm³/mol. The zero-order valence-electron chi connectivity index (χ0n) is 8.80. The van der Waals surface area contributed by atoms with Gasteiger partial charge in [0.15, 0.2) is 5.15 Å². The summed E-state index contributed by atoms with van der Waals surface area (Å²) in [6, 6.07) is 3.61. The maximum atomic E-state index is 11.1. The van der Waals surface area contributed by atoms with Gasteiger partial charge < -0.3 is 5.32 Å². The largest absolute Gasteiger partial charge is 0.319 e. The molecule has 0 aliphatic rings. The first-order valence-electron chi connectivity index (χ1n) is 4.79. The maximum Gasteiger partial charge on any atom is 0.247 e. The second kappa shape index (κ2) is 4.80. The predicted octanol–water partition coefficient (Wildman–Crippen LogP) is 2.05. The van der Waals surface area contributed by atoms with Crippen LogP contribution in [0.3, 0.4) is 0 Å². The Hall–Kier alpha value is -2.14. The first kappa shape index (κ1) is 11.3. The number of anilines is 1. The second-order valence-electron chi connectivity index (χ2n) is 3.18. The molecule has 5 nitrogen and oxygen atoms in total. The highest BCUT2D eigenvalue weighted by atomic mass is 35.5. The van der Waals surface area contributed by atoms with Gasteiger partial charge in [-0.25, -0.2) is 4.68 Å². The molecule has 0 aliphatic carbocycles. The van der Waals surface area contributed by atoms with Gasteiger partial charge in [-0.2, -0.15) is 5.10 Å². The Bertz CT molecular complexity index is 550. The number of carbonyl (C=O) groups excluding carboxylic acids is 1. The Morgan fingerprint density at radius 1 is 1.59 bits per heavy atom. The number of carbonyl (C=O) groups is 1. The maximum absolute atomic E-state index is 11.1. The van der Waals surface area contributed by atoms with Crippen LogP contribution in [0.5, 0.6) is 0 Å². The number of hydrogen-bond acceptors (Lipinski definition) is 3. The Morgan fingerprint density at radius 3 is 3.06 bits per heavy atom. The minimum atomic E-state index is -0.336. The second-order valence-corrected chi connectivity index (χ2v) is 3.54. The Kier molecular flexibility index (Phi) is 3.20. The minimum absolute atomic E-state index is 0.212. The van der Waals surface area contributed by atoms with E-state index in [0.717, 1.165) is 11.8 Å². The molecular weight excluding hydrogens is 240 g/mol. The van der Waals surface area contributed by atoms with E-state index in [1.165, 1.54) is 4.68 Å². The first-order chi connectivity index (χ1) is 8.20. The number of amides is 1. The quantitative estimate of drug-likeness (QED) is 0.846. The van der Waals surface area contributed by atoms with E-state index in [4.69, 9.17) is 11.6 Å². The molecule has 0 spiro atoms. The Labute approximate surface area is 103 Å². The molecule has 1 amide bonds. The fraction of sp³-hybridized carbons (Fsp3) is 0. The summed E-state index contributed by atoms with van der Waals surface area (Å²) < 4.78 is 1.54. The number of hydrogen-bond donors (Lipinski definition) is 1. The number of aromatic nitrogens is 3. The van der Waals surface area contributed by atoms with Gasteiger partial charge in [0.2, 0.25) is 5.91 Å². The first-order valence-corrected chi connectivity index (χ1v) is 5.17. The molecule has 0 saturated heterocycles. The van der Waals surface area contributed by atoms with Gasteiger partial charge in [-0.1, -0.05) is 18.2 Å². The lowest BCUT2D eigenvalue weighted by atomic mass is 10.4. The van der Waals surface area contributed by atoms with Gasteiger partial charge in [-0.3, -0.25) is 9.78 Å². The summed E-state index contributed by atoms with van der Waals surface area (Å²) in [5, 5.41) is 6.83. The lowest BCUT2D eigenvalue weighted by Crippen LogP contribution is -2.06. The van der Waals surface area contributed by atoms with E-state index in [9.17, 15) is 4.79 Å². The summed E-state index contributed by atoms with van der Waals surface area (Å²) in [6.45, 7) is 3.36. The van der Waals surface area contributed by atoms with Crippen LogP contribution in [0.15, 0.2) is 43.4 Å². The summed E-state index contributed by atoms with van der Waals surface area (Å²) in [4.78, 5) is 15.1. The van der Waals surface area contributed by atoms with Gasteiger partial charge in [-0.15, -0.1) is 0 Å². The van der Waals surface area contributed by atoms with Gasteiger partial charge >= 0.3 is 0 Å². The van der Waals surface area contributed by atoms with E-state index in [1.807, 2.05) is 6.07 Å². The molecular formula is C11H9ClN4O. The summed E-state index contributed by atoms with van der Waals surface area (Å²) in [5.41, 5.74) is 1.19. The molecule has 6 heteroatoms. The van der Waals surface area contributed by atoms with Crippen LogP contribution in [0.25, 0.3) is 5.69 Å². The molecule has 1 N–H and O–H groups in total. The molecule has 2 rings (SSSR count). The molecule has 2 aromatic rings. The molecule has 0 aliphatic heterocycles. The molecule has 2 heterocycles. The SMILES string of the molecule is C=CC(=O)Nc1cn(-c2cccnc2)nc1Cl. The summed E-state index contributed by atoms with van der Waals surface area (Å²) in [6.07, 6.45) is 6.08. The average Bonchev–Trinajstić information content (AvgIpc) is 2.72. The van der Waals surface area contributed by atoms with E-state index in [1.54, 1.807) is 24.7 Å². The topological polar surface area (TPSA) is 59.8 Å². The molecule has 0 atom stereocenters. The Morgan fingerprint density at radius 2 is 2.41 bits per heavy atom. The summed E-state index contributed by atoms with van der Waals surface area (Å²) in [7, 11) is 0. The smallest absolute Gasteiger partial charge is 0.247 e. The third-order valence-corrected chi connectivity index (χ3v) is 2.30. The molecule has 2 aromatic heterocycles. The van der Waals surface area contributed by atoms with Crippen molar-refractivity contribution in [2.75, 3.05) is 5.32 Å². The lowest BCUT2D eigenvalue weighted by molar-refractivity contribution is -0.111. The van der Waals surface area contributed by atoms with Gasteiger partial charge in [0.1, 0.15) is 0 Å². The van der Waals surface area contributed by atoms with Crippen LogP contribution in [-0.2, 0) is 4.79 Å². The van der Waals surface area contributed by atoms with Crippen LogP contribution in [0, 0.1) is 0 Å². The van der Waals surface area contributed by atoms with Crippen LogP contribution in [0.4, 0.5) is 5.69 Å². The zero-order chi connectivity index (χ0) is 12.3. The summed E-state index contributed by atoms with van der Waals surface area (Å²) in [5.74, 6) is -0.336. The van der Waals surface area contributed by atoms with Gasteiger partial charge in [0, 0.05) is 6.20 Å². The van der Waals surface area contributed by atoms with E-state index in [-0.39, 0.29) is 11.1 Å². The van der Waals surface area contributed by atoms with Crippen molar-refractivity contribution < 1.29 is 4.79 Å². The van der Waals surface area contributed by atoms with Crippen molar-refractivity contribution in [3.05, 3.63) is 48.5 Å². The van der Waals surface area contributed by atoms with Crippen LogP contribution >= 0.6 is 11.6 Å². The number of pyridine rings is 1. The number of nitrogens with zero attached hydrogens (tertiary/aromatic N) is 3. The number of rotatable bonds is 3. The van der Waals surface area contributed by atoms with Crippen molar-refractivity contribution in [2.45, 2.75) is 0 Å². The van der Waals surface area contributed by atoms with Crippen LogP contribution in [-0.4, -0.2) is 20.7 Å². The van der Waals surface area contributed by atoms with Crippen molar-refractivity contribution in [3.63, 3.8) is 0 Å². The summed E-state index contributed by atoms with van der Waals surface area (Å²) >= 11 is 5.89. The molecule has 17 heavy (non-hydrogen) atoms. The Balaban J connectivity index is 2.31. The highest BCUT2D eigenvalue weighted by Crippen LogP contribution is 2.21. The third kappa shape index (κ3) is 2.51. The zero-order valence-corrected chi connectivity index (χ0v) is 9.55. The lowest BCUT2D eigenvalue weighted by Gasteiger charge is -1.98. The van der Waals surface area contributed by atoms with E-state index < -0.39 is 0 Å². The van der Waals surface area contributed by atoms with E-state index in [0.29, 0.717) is 5.69 Å². The molecule has 0 fully saturated rings. The molecule has 0 radical (unpaired) electrons. The van der Waals surface area contributed by atoms with Crippen molar-refractivity contribution in [1.82, 2.24) is 14.8 Å². The third-order valence-electron chi connectivity index (χ3n) is 2.02. The van der Waals surface area contributed by atoms with E-state index in [2.05, 4.69) is 22.0 Å². The molecule has 0 saturated carbocycles. The van der Waals surface area contributed by atoms with Crippen molar-refractivity contribution >= 4 is 23.2 Å². The highest BCUT2D eigenvalue weighted by molar-refractivity contribution is 6.32. The van der Waals surface area contributed by atoms with Gasteiger partial charge in [0.25, 0.3) is 0 Å². The standard InChI is InChI=1S/C11H9ClN4O/c1-2-10(17)14-9-7-16(15-11(9)12)8-4-3-5-13-6-8/h2-7H,1H2,(H,14,17). The fourth-order valence-electron chi connectivity index (χ4n) is 1.24. The molecule has 0 unspecified atom stereocenters. The molecule has 0 bridgehead atoms. The van der Waals surface area contributed by atoms with Crippen LogP contribution < -0.4 is 5.32 Å². The minimum Gasteiger partial charge on any atom is -0.319 e. The fourth-order valence-corrected chi connectivity index (χ4v) is 1.42. The van der Waals surface area contributed by atoms with Crippen molar-refractivity contribution in [3.8, 4) is 5.69 Å². The normalized spacial score (nSPS) is 9.94. The van der Waals surface area contributed by atoms with Crippen molar-refractivity contribution in [1.29, 1.82) is 0 Å². The average molecular weight is 249 g/mol. The van der Waals surface area contributed by atoms with Gasteiger partial charge in [0.05, 0.1) is 23.8 Å². The molecule has 86 valence electrons. The van der Waals surface area contributed by atoms with Gasteiger partial charge in [-0.05, 0) is 18.2 Å². The van der Waals surface area contributed by atoms with Crippen LogP contribution in [0.1, 0.15) is 0 Å². The number of nitrogens with one attached hydrogen (secondary N) is 1. The number of halogens is 1. The van der Waals surface area contributed by atoms with E-state index >= 15 is 0 Å². The monoisotopic (exact) mass is 248 g/mol. The molecule has 0 aromatic carbocycles. The van der Waals surface area contributed by atoms with Crippen molar-refractivity contribution in [2.24, 2.45) is 0 Å². The highest BCUT2D eigenvalue weighted by Gasteiger charge is 2.09.